The molecule has 0 aliphatic carbocycles. The fraction of sp³-hybridized carbons (Fsp3) is 0.800. The van der Waals surface area contributed by atoms with Crippen molar-refractivity contribution < 1.29 is 9.90 Å². The summed E-state index contributed by atoms with van der Waals surface area (Å²) < 4.78 is 0. The van der Waals surface area contributed by atoms with Gasteiger partial charge in [-0.15, -0.1) is 0 Å². The van der Waals surface area contributed by atoms with Crippen LogP contribution < -0.4 is 10.6 Å². The highest BCUT2D eigenvalue weighted by Gasteiger charge is 1.91. The average molecular weight is 173 g/mol. The summed E-state index contributed by atoms with van der Waals surface area (Å²) in [5, 5.41) is 16.5. The first-order valence-electron chi connectivity index (χ1n) is 3.45. The number of hydrogen-bond acceptors (Lipinski definition) is 3. The van der Waals surface area contributed by atoms with Gasteiger partial charge in [0.05, 0.1) is 0 Å². The molecule has 7 heteroatoms. The van der Waals surface area contributed by atoms with Gasteiger partial charge in [-0.05, 0) is 5.53 Å². The fourth-order valence-corrected chi connectivity index (χ4v) is 0.557. The third-order valence-electron chi connectivity index (χ3n) is 1.03. The van der Waals surface area contributed by atoms with Crippen molar-refractivity contribution in [2.45, 2.75) is 0 Å². The maximum Gasteiger partial charge on any atom is 0.404 e. The summed E-state index contributed by atoms with van der Waals surface area (Å²) in [5.74, 6) is 0. The van der Waals surface area contributed by atoms with Gasteiger partial charge in [0.25, 0.3) is 0 Å². The van der Waals surface area contributed by atoms with Crippen molar-refractivity contribution in [1.29, 1.82) is 0 Å². The highest BCUT2D eigenvalue weighted by atomic mass is 16.4. The van der Waals surface area contributed by atoms with E-state index in [0.29, 0.717) is 26.2 Å². The van der Waals surface area contributed by atoms with Crippen LogP contribution in [-0.2, 0) is 0 Å². The molecule has 0 heterocycles. The zero-order valence-corrected chi connectivity index (χ0v) is 6.53. The molecule has 0 saturated heterocycles. The van der Waals surface area contributed by atoms with Crippen LogP contribution in [0.1, 0.15) is 0 Å². The van der Waals surface area contributed by atoms with Crippen LogP contribution in [0, 0.1) is 0 Å². The molecule has 0 saturated carbocycles. The molecule has 0 bridgehead atoms. The Labute approximate surface area is 69.4 Å². The van der Waals surface area contributed by atoms with Crippen LogP contribution in [0.15, 0.2) is 5.11 Å². The quantitative estimate of drug-likeness (QED) is 0.230. The van der Waals surface area contributed by atoms with Crippen molar-refractivity contribution in [3.8, 4) is 0 Å². The second-order valence-corrected chi connectivity index (χ2v) is 1.94. The van der Waals surface area contributed by atoms with Crippen molar-refractivity contribution in [2.75, 3.05) is 26.2 Å². The van der Waals surface area contributed by atoms with Crippen LogP contribution in [0.3, 0.4) is 0 Å². The molecule has 0 aliphatic rings. The lowest BCUT2D eigenvalue weighted by Gasteiger charge is -2.01. The lowest BCUT2D eigenvalue weighted by Crippen LogP contribution is -2.31. The lowest BCUT2D eigenvalue weighted by atomic mass is 10.5. The highest BCUT2D eigenvalue weighted by molar-refractivity contribution is 5.64. The molecular weight excluding hydrogens is 162 g/mol. The van der Waals surface area contributed by atoms with Crippen LogP contribution in [0.2, 0.25) is 0 Å². The van der Waals surface area contributed by atoms with Gasteiger partial charge in [0.1, 0.15) is 0 Å². The summed E-state index contributed by atoms with van der Waals surface area (Å²) in [5.41, 5.74) is 7.88. The van der Waals surface area contributed by atoms with Crippen LogP contribution in [0.4, 0.5) is 4.79 Å². The molecule has 1 amide bonds. The Hall–Kier alpha value is -1.46. The van der Waals surface area contributed by atoms with Crippen LogP contribution in [0.25, 0.3) is 10.4 Å². The van der Waals surface area contributed by atoms with Crippen LogP contribution in [0.5, 0.6) is 0 Å². The van der Waals surface area contributed by atoms with Gasteiger partial charge >= 0.3 is 6.09 Å². The van der Waals surface area contributed by atoms with E-state index in [1.807, 2.05) is 0 Å². The minimum Gasteiger partial charge on any atom is -0.465 e. The molecule has 0 aromatic rings. The maximum absolute atomic E-state index is 9.93. The van der Waals surface area contributed by atoms with Crippen molar-refractivity contribution in [1.82, 2.24) is 10.6 Å². The minimum atomic E-state index is -1.04. The second-order valence-electron chi connectivity index (χ2n) is 1.94. The molecule has 68 valence electrons. The molecule has 0 unspecified atom stereocenters. The first-order valence-corrected chi connectivity index (χ1v) is 3.45. The number of nitrogens with one attached hydrogen (secondary N) is 2. The summed E-state index contributed by atoms with van der Waals surface area (Å²) in [6.45, 7) is 1.83. The van der Waals surface area contributed by atoms with Crippen molar-refractivity contribution in [3.63, 3.8) is 0 Å². The molecule has 7 nitrogen and oxygen atoms in total. The molecule has 0 aromatic heterocycles. The molecule has 3 N–H and O–H groups in total. The molecular formula is C5H11N5O2. The van der Waals surface area contributed by atoms with E-state index in [4.69, 9.17) is 10.6 Å². The number of carboxylic acid groups (broad SMARTS) is 1. The largest absolute Gasteiger partial charge is 0.465 e. The Morgan fingerprint density at radius 1 is 1.50 bits per heavy atom. The van der Waals surface area contributed by atoms with Gasteiger partial charge in [0, 0.05) is 31.1 Å². The van der Waals surface area contributed by atoms with Crippen molar-refractivity contribution in [2.24, 2.45) is 5.11 Å². The predicted molar refractivity (Wildman–Crippen MR) is 42.9 cm³/mol. The Morgan fingerprint density at radius 2 is 2.25 bits per heavy atom. The van der Waals surface area contributed by atoms with E-state index in [1.54, 1.807) is 0 Å². The molecule has 0 rings (SSSR count). The average Bonchev–Trinajstić information content (AvgIpc) is 2.02. The van der Waals surface area contributed by atoms with Gasteiger partial charge in [-0.1, -0.05) is 5.11 Å². The van der Waals surface area contributed by atoms with Crippen LogP contribution >= 0.6 is 0 Å². The summed E-state index contributed by atoms with van der Waals surface area (Å²) in [6.07, 6.45) is -1.04. The molecule has 0 radical (unpaired) electrons. The highest BCUT2D eigenvalue weighted by Crippen LogP contribution is 1.68. The van der Waals surface area contributed by atoms with Crippen LogP contribution in [-0.4, -0.2) is 37.4 Å². The van der Waals surface area contributed by atoms with E-state index < -0.39 is 6.09 Å². The Kier molecular flexibility index (Phi) is 6.71. The first-order chi connectivity index (χ1) is 5.77. The lowest BCUT2D eigenvalue weighted by molar-refractivity contribution is 0.194. The molecule has 0 atom stereocenters. The van der Waals surface area contributed by atoms with E-state index in [1.165, 1.54) is 0 Å². The number of amides is 1. The monoisotopic (exact) mass is 173 g/mol. The number of nitrogens with zero attached hydrogens (tertiary/aromatic N) is 3. The molecule has 0 spiro atoms. The SMILES string of the molecule is [N-]=[N+]=NCCNCCNC(=O)O. The first kappa shape index (κ1) is 10.5. The molecule has 0 fully saturated rings. The van der Waals surface area contributed by atoms with Gasteiger partial charge in [-0.25, -0.2) is 4.79 Å². The van der Waals surface area contributed by atoms with Crippen molar-refractivity contribution in [3.05, 3.63) is 10.4 Å². The minimum absolute atomic E-state index is 0.353. The smallest absolute Gasteiger partial charge is 0.404 e. The van der Waals surface area contributed by atoms with Gasteiger partial charge < -0.3 is 15.7 Å². The summed E-state index contributed by atoms with van der Waals surface area (Å²) in [6, 6.07) is 0. The topological polar surface area (TPSA) is 110 Å². The Bertz CT molecular complexity index is 171. The normalized spacial score (nSPS) is 8.67. The third-order valence-corrected chi connectivity index (χ3v) is 1.03. The van der Waals surface area contributed by atoms with E-state index in [-0.39, 0.29) is 0 Å². The number of carbonyl (C=O) groups is 1. The van der Waals surface area contributed by atoms with E-state index in [2.05, 4.69) is 20.7 Å². The predicted octanol–water partition coefficient (Wildman–Crippen LogP) is 0.154. The number of rotatable bonds is 6. The maximum atomic E-state index is 9.93. The van der Waals surface area contributed by atoms with E-state index >= 15 is 0 Å². The summed E-state index contributed by atoms with van der Waals surface area (Å²) in [4.78, 5) is 12.5. The zero-order chi connectivity index (χ0) is 9.23. The van der Waals surface area contributed by atoms with Crippen molar-refractivity contribution >= 4 is 6.09 Å². The number of azide groups is 1. The third kappa shape index (κ3) is 8.54. The number of hydrogen-bond donors (Lipinski definition) is 3. The standard InChI is InChI=1S/C5H11N5O2/c6-10-9-4-2-7-1-3-8-5(11)12/h7-8H,1-4H2,(H,11,12). The summed E-state index contributed by atoms with van der Waals surface area (Å²) in [7, 11) is 0. The molecule has 0 aromatic carbocycles. The molecule has 12 heavy (non-hydrogen) atoms. The van der Waals surface area contributed by atoms with Gasteiger partial charge in [-0.2, -0.15) is 0 Å². The second kappa shape index (κ2) is 7.64. The molecule has 0 aliphatic heterocycles. The Morgan fingerprint density at radius 3 is 2.83 bits per heavy atom. The summed E-state index contributed by atoms with van der Waals surface area (Å²) >= 11 is 0. The van der Waals surface area contributed by atoms with Gasteiger partial charge in [0.2, 0.25) is 0 Å². The van der Waals surface area contributed by atoms with Gasteiger partial charge in [0.15, 0.2) is 0 Å². The van der Waals surface area contributed by atoms with E-state index in [9.17, 15) is 4.79 Å². The van der Waals surface area contributed by atoms with Gasteiger partial charge in [-0.3, -0.25) is 0 Å². The fourth-order valence-electron chi connectivity index (χ4n) is 0.557. The Balaban J connectivity index is 3.00. The van der Waals surface area contributed by atoms with E-state index in [0.717, 1.165) is 0 Å². The zero-order valence-electron chi connectivity index (χ0n) is 6.53.